The summed E-state index contributed by atoms with van der Waals surface area (Å²) in [6.07, 6.45) is 4.09. The second kappa shape index (κ2) is 6.24. The SMILES string of the molecule is C=CCCCNc1ccc(B2OC(C)(C)C(C)(C)O2)cc1. The molecule has 0 aliphatic carbocycles. The van der Waals surface area contributed by atoms with Crippen molar-refractivity contribution < 1.29 is 9.31 Å². The molecule has 3 nitrogen and oxygen atoms in total. The normalized spacial score (nSPS) is 19.5. The highest BCUT2D eigenvalue weighted by Crippen LogP contribution is 2.36. The second-order valence-corrected chi connectivity index (χ2v) is 6.57. The van der Waals surface area contributed by atoms with Crippen LogP contribution in [0.15, 0.2) is 36.9 Å². The molecular weight excluding hydrogens is 261 g/mol. The van der Waals surface area contributed by atoms with Gasteiger partial charge in [-0.05, 0) is 58.1 Å². The Labute approximate surface area is 128 Å². The summed E-state index contributed by atoms with van der Waals surface area (Å²) in [5.74, 6) is 0. The van der Waals surface area contributed by atoms with Gasteiger partial charge in [-0.2, -0.15) is 0 Å². The van der Waals surface area contributed by atoms with Gasteiger partial charge in [0.25, 0.3) is 0 Å². The predicted octanol–water partition coefficient (Wildman–Crippen LogP) is 3.36. The number of rotatable bonds is 6. The van der Waals surface area contributed by atoms with Gasteiger partial charge in [-0.15, -0.1) is 6.58 Å². The number of unbranched alkanes of at least 4 members (excludes halogenated alkanes) is 1. The molecule has 21 heavy (non-hydrogen) atoms. The molecule has 0 radical (unpaired) electrons. The van der Waals surface area contributed by atoms with Crippen molar-refractivity contribution in [3.8, 4) is 0 Å². The molecule has 1 aliphatic heterocycles. The summed E-state index contributed by atoms with van der Waals surface area (Å²) in [4.78, 5) is 0. The molecule has 0 atom stereocenters. The molecule has 114 valence electrons. The highest BCUT2D eigenvalue weighted by molar-refractivity contribution is 6.62. The Balaban J connectivity index is 1.95. The Morgan fingerprint density at radius 1 is 1.10 bits per heavy atom. The molecular formula is C17H26BNO2. The van der Waals surface area contributed by atoms with Crippen molar-refractivity contribution in [2.45, 2.75) is 51.7 Å². The minimum Gasteiger partial charge on any atom is -0.399 e. The van der Waals surface area contributed by atoms with Crippen LogP contribution in [0.1, 0.15) is 40.5 Å². The monoisotopic (exact) mass is 287 g/mol. The first-order valence-corrected chi connectivity index (χ1v) is 7.66. The van der Waals surface area contributed by atoms with Crippen molar-refractivity contribution in [1.29, 1.82) is 0 Å². The molecule has 1 saturated heterocycles. The maximum Gasteiger partial charge on any atom is 0.494 e. The lowest BCUT2D eigenvalue weighted by Gasteiger charge is -2.32. The Bertz CT molecular complexity index is 466. The molecule has 0 amide bonds. The van der Waals surface area contributed by atoms with Crippen LogP contribution < -0.4 is 10.8 Å². The zero-order valence-corrected chi connectivity index (χ0v) is 13.6. The predicted molar refractivity (Wildman–Crippen MR) is 90.1 cm³/mol. The number of hydrogen-bond donors (Lipinski definition) is 1. The molecule has 0 bridgehead atoms. The van der Waals surface area contributed by atoms with Gasteiger partial charge >= 0.3 is 7.12 Å². The van der Waals surface area contributed by atoms with E-state index in [1.54, 1.807) is 0 Å². The Kier molecular flexibility index (Phi) is 4.79. The van der Waals surface area contributed by atoms with E-state index in [0.717, 1.165) is 30.5 Å². The molecule has 1 fully saturated rings. The molecule has 0 aromatic heterocycles. The summed E-state index contributed by atoms with van der Waals surface area (Å²) in [6.45, 7) is 13.0. The molecule has 1 aromatic rings. The lowest BCUT2D eigenvalue weighted by atomic mass is 9.79. The first-order chi connectivity index (χ1) is 9.86. The molecule has 4 heteroatoms. The summed E-state index contributed by atoms with van der Waals surface area (Å²) in [5, 5.41) is 3.40. The molecule has 0 saturated carbocycles. The molecule has 1 aliphatic rings. The molecule has 1 heterocycles. The van der Waals surface area contributed by atoms with Crippen LogP contribution in [0.2, 0.25) is 0 Å². The van der Waals surface area contributed by atoms with Crippen molar-refractivity contribution >= 4 is 18.3 Å². The van der Waals surface area contributed by atoms with E-state index in [0.29, 0.717) is 0 Å². The summed E-state index contributed by atoms with van der Waals surface area (Å²) >= 11 is 0. The Morgan fingerprint density at radius 3 is 2.19 bits per heavy atom. The van der Waals surface area contributed by atoms with Crippen molar-refractivity contribution in [2.24, 2.45) is 0 Å². The number of allylic oxidation sites excluding steroid dienone is 1. The van der Waals surface area contributed by atoms with Crippen LogP contribution in [0.3, 0.4) is 0 Å². The van der Waals surface area contributed by atoms with E-state index in [4.69, 9.17) is 9.31 Å². The number of nitrogens with one attached hydrogen (secondary N) is 1. The third-order valence-corrected chi connectivity index (χ3v) is 4.35. The minimum atomic E-state index is -0.292. The number of benzene rings is 1. The fourth-order valence-electron chi connectivity index (χ4n) is 2.22. The number of hydrogen-bond acceptors (Lipinski definition) is 3. The van der Waals surface area contributed by atoms with Crippen molar-refractivity contribution in [3.63, 3.8) is 0 Å². The van der Waals surface area contributed by atoms with Crippen LogP contribution >= 0.6 is 0 Å². The third-order valence-electron chi connectivity index (χ3n) is 4.35. The molecule has 1 N–H and O–H groups in total. The van der Waals surface area contributed by atoms with Gasteiger partial charge in [0.2, 0.25) is 0 Å². The van der Waals surface area contributed by atoms with Crippen LogP contribution in [0.5, 0.6) is 0 Å². The van der Waals surface area contributed by atoms with Gasteiger partial charge in [0.15, 0.2) is 0 Å². The summed E-state index contributed by atoms with van der Waals surface area (Å²) < 4.78 is 12.1. The van der Waals surface area contributed by atoms with E-state index in [2.05, 4.69) is 63.9 Å². The lowest BCUT2D eigenvalue weighted by Crippen LogP contribution is -2.41. The van der Waals surface area contributed by atoms with Gasteiger partial charge in [-0.25, -0.2) is 0 Å². The van der Waals surface area contributed by atoms with E-state index < -0.39 is 0 Å². The molecule has 2 rings (SSSR count). The number of anilines is 1. The van der Waals surface area contributed by atoms with E-state index in [-0.39, 0.29) is 18.3 Å². The van der Waals surface area contributed by atoms with Gasteiger partial charge < -0.3 is 14.6 Å². The first-order valence-electron chi connectivity index (χ1n) is 7.66. The highest BCUT2D eigenvalue weighted by Gasteiger charge is 2.51. The van der Waals surface area contributed by atoms with Gasteiger partial charge in [-0.3, -0.25) is 0 Å². The maximum absolute atomic E-state index is 6.05. The third kappa shape index (κ3) is 3.69. The minimum absolute atomic E-state index is 0.287. The fraction of sp³-hybridized carbons (Fsp3) is 0.529. The fourth-order valence-corrected chi connectivity index (χ4v) is 2.22. The standard InChI is InChI=1S/C17H26BNO2/c1-6-7-8-13-19-15-11-9-14(10-12-15)18-20-16(2,3)17(4,5)21-18/h6,9-12,19H,1,7-8,13H2,2-5H3. The lowest BCUT2D eigenvalue weighted by molar-refractivity contribution is 0.00578. The summed E-state index contributed by atoms with van der Waals surface area (Å²) in [6, 6.07) is 8.29. The van der Waals surface area contributed by atoms with Crippen molar-refractivity contribution in [2.75, 3.05) is 11.9 Å². The van der Waals surface area contributed by atoms with Crippen LogP contribution in [0.4, 0.5) is 5.69 Å². The molecule has 0 unspecified atom stereocenters. The average Bonchev–Trinajstić information content (AvgIpc) is 2.64. The smallest absolute Gasteiger partial charge is 0.399 e. The van der Waals surface area contributed by atoms with Crippen molar-refractivity contribution in [1.82, 2.24) is 0 Å². The topological polar surface area (TPSA) is 30.5 Å². The first kappa shape index (κ1) is 16.1. The summed E-state index contributed by atoms with van der Waals surface area (Å²) in [7, 11) is -0.287. The Hall–Kier alpha value is -1.26. The largest absolute Gasteiger partial charge is 0.494 e. The zero-order chi connectivity index (χ0) is 15.5. The Morgan fingerprint density at radius 2 is 1.67 bits per heavy atom. The van der Waals surface area contributed by atoms with E-state index in [1.165, 1.54) is 0 Å². The quantitative estimate of drug-likeness (QED) is 0.494. The average molecular weight is 287 g/mol. The van der Waals surface area contributed by atoms with Gasteiger partial charge in [0.1, 0.15) is 0 Å². The van der Waals surface area contributed by atoms with Crippen molar-refractivity contribution in [3.05, 3.63) is 36.9 Å². The van der Waals surface area contributed by atoms with Crippen LogP contribution in [0, 0.1) is 0 Å². The van der Waals surface area contributed by atoms with Gasteiger partial charge in [0, 0.05) is 12.2 Å². The van der Waals surface area contributed by atoms with Crippen LogP contribution in [-0.2, 0) is 9.31 Å². The summed E-state index contributed by atoms with van der Waals surface area (Å²) in [5.41, 5.74) is 1.60. The van der Waals surface area contributed by atoms with E-state index in [9.17, 15) is 0 Å². The molecule has 0 spiro atoms. The maximum atomic E-state index is 6.05. The highest BCUT2D eigenvalue weighted by atomic mass is 16.7. The second-order valence-electron chi connectivity index (χ2n) is 6.57. The van der Waals surface area contributed by atoms with Crippen LogP contribution in [-0.4, -0.2) is 24.9 Å². The van der Waals surface area contributed by atoms with E-state index in [1.807, 2.05) is 6.08 Å². The van der Waals surface area contributed by atoms with Crippen LogP contribution in [0.25, 0.3) is 0 Å². The molecule has 1 aromatic carbocycles. The van der Waals surface area contributed by atoms with Gasteiger partial charge in [0.05, 0.1) is 11.2 Å². The van der Waals surface area contributed by atoms with Gasteiger partial charge in [-0.1, -0.05) is 18.2 Å². The zero-order valence-electron chi connectivity index (χ0n) is 13.6. The van der Waals surface area contributed by atoms with E-state index >= 15 is 0 Å².